The molecule has 0 bridgehead atoms. The quantitative estimate of drug-likeness (QED) is 0.378. The molecule has 1 amide bonds. The number of thioether (sulfide) groups is 1. The minimum absolute atomic E-state index is 0.0298. The second-order valence-electron chi connectivity index (χ2n) is 6.80. The number of ketones is 1. The van der Waals surface area contributed by atoms with Crippen molar-refractivity contribution in [3.05, 3.63) is 65.7 Å². The highest BCUT2D eigenvalue weighted by molar-refractivity contribution is 7.99. The molecule has 0 atom stereocenters. The third kappa shape index (κ3) is 4.00. The minimum Gasteiger partial charge on any atom is -0.326 e. The molecule has 1 N–H and O–H groups in total. The van der Waals surface area contributed by atoms with Gasteiger partial charge in [0.1, 0.15) is 0 Å². The highest BCUT2D eigenvalue weighted by Gasteiger charge is 2.12. The Hall–Kier alpha value is -3.19. The lowest BCUT2D eigenvalue weighted by Crippen LogP contribution is -2.12. The molecule has 6 nitrogen and oxygen atoms in total. The van der Waals surface area contributed by atoms with E-state index < -0.39 is 0 Å². The lowest BCUT2D eigenvalue weighted by molar-refractivity contribution is -0.115. The first-order valence-corrected chi connectivity index (χ1v) is 10.3. The Morgan fingerprint density at radius 2 is 1.90 bits per heavy atom. The summed E-state index contributed by atoms with van der Waals surface area (Å²) in [6, 6.07) is 17.1. The fourth-order valence-corrected chi connectivity index (χ4v) is 4.13. The number of Topliss-reactive ketones (excluding diaryl/α,β-unsaturated/α-hetero) is 1. The number of aryl methyl sites for hydroxylation is 1. The average Bonchev–Trinajstić information content (AvgIpc) is 3.11. The molecular weight excluding hydrogens is 384 g/mol. The molecule has 29 heavy (non-hydrogen) atoms. The summed E-state index contributed by atoms with van der Waals surface area (Å²) >= 11 is 1.50. The lowest BCUT2D eigenvalue weighted by atomic mass is 10.1. The van der Waals surface area contributed by atoms with E-state index in [4.69, 9.17) is 0 Å². The molecule has 0 aliphatic rings. The molecule has 7 heteroatoms. The summed E-state index contributed by atoms with van der Waals surface area (Å²) in [6.07, 6.45) is 0.327. The Bertz CT molecular complexity index is 1230. The summed E-state index contributed by atoms with van der Waals surface area (Å²) in [5.41, 5.74) is 4.22. The van der Waals surface area contributed by atoms with Crippen LogP contribution >= 0.6 is 11.8 Å². The fraction of sp³-hybridized carbons (Fsp3) is 0.182. The first-order valence-electron chi connectivity index (χ1n) is 9.30. The van der Waals surface area contributed by atoms with Gasteiger partial charge in [0.15, 0.2) is 16.6 Å². The number of para-hydroxylation sites is 1. The maximum absolute atomic E-state index is 12.3. The molecule has 0 radical (unpaired) electrons. The normalized spacial score (nSPS) is 11.1. The standard InChI is InChI=1S/C22H20N4O2S/c1-14-12-20-24-25-22(26(20)19-9-4-3-8-18(14)19)29-11-10-21(28)23-17-7-5-6-16(13-17)15(2)27/h3-9,12-13H,10-11H2,1-2H3,(H,23,28). The van der Waals surface area contributed by atoms with Crippen LogP contribution in [0.15, 0.2) is 59.8 Å². The Kier molecular flexibility index (Phi) is 5.31. The molecule has 0 saturated heterocycles. The molecule has 4 rings (SSSR count). The summed E-state index contributed by atoms with van der Waals surface area (Å²) < 4.78 is 2.03. The maximum atomic E-state index is 12.3. The monoisotopic (exact) mass is 404 g/mol. The highest BCUT2D eigenvalue weighted by atomic mass is 32.2. The van der Waals surface area contributed by atoms with Crippen molar-refractivity contribution in [2.45, 2.75) is 25.4 Å². The van der Waals surface area contributed by atoms with Crippen LogP contribution in [-0.4, -0.2) is 32.0 Å². The molecule has 0 unspecified atom stereocenters. The molecule has 2 aromatic carbocycles. The summed E-state index contributed by atoms with van der Waals surface area (Å²) in [7, 11) is 0. The summed E-state index contributed by atoms with van der Waals surface area (Å²) in [5.74, 6) is 0.437. The van der Waals surface area contributed by atoms with Crippen molar-refractivity contribution in [2.24, 2.45) is 0 Å². The second-order valence-corrected chi connectivity index (χ2v) is 7.87. The number of hydrogen-bond donors (Lipinski definition) is 1. The van der Waals surface area contributed by atoms with Crippen molar-refractivity contribution in [3.63, 3.8) is 0 Å². The van der Waals surface area contributed by atoms with Gasteiger partial charge >= 0.3 is 0 Å². The number of nitrogens with zero attached hydrogens (tertiary/aromatic N) is 3. The van der Waals surface area contributed by atoms with Gasteiger partial charge in [-0.15, -0.1) is 10.2 Å². The maximum Gasteiger partial charge on any atom is 0.225 e. The molecule has 2 aromatic heterocycles. The molecule has 2 heterocycles. The highest BCUT2D eigenvalue weighted by Crippen LogP contribution is 2.26. The van der Waals surface area contributed by atoms with Gasteiger partial charge in [0.25, 0.3) is 0 Å². The Labute approximate surface area is 172 Å². The van der Waals surface area contributed by atoms with Crippen LogP contribution in [0.25, 0.3) is 16.6 Å². The van der Waals surface area contributed by atoms with Gasteiger partial charge in [0, 0.05) is 28.8 Å². The molecular formula is C22H20N4O2S. The van der Waals surface area contributed by atoms with Gasteiger partial charge in [-0.1, -0.05) is 42.1 Å². The van der Waals surface area contributed by atoms with E-state index in [1.165, 1.54) is 18.7 Å². The average molecular weight is 404 g/mol. The first-order chi connectivity index (χ1) is 14.0. The zero-order valence-corrected chi connectivity index (χ0v) is 17.0. The van der Waals surface area contributed by atoms with E-state index in [0.717, 1.165) is 27.3 Å². The Balaban J connectivity index is 1.45. The second kappa shape index (κ2) is 8.05. The van der Waals surface area contributed by atoms with Crippen LogP contribution in [0.2, 0.25) is 0 Å². The number of amides is 1. The van der Waals surface area contributed by atoms with E-state index in [-0.39, 0.29) is 11.7 Å². The summed E-state index contributed by atoms with van der Waals surface area (Å²) in [5, 5.41) is 13.4. The Morgan fingerprint density at radius 1 is 1.07 bits per heavy atom. The van der Waals surface area contributed by atoms with Crippen LogP contribution in [0.3, 0.4) is 0 Å². The SMILES string of the molecule is CC(=O)c1cccc(NC(=O)CCSc2nnc3cc(C)c4ccccc4n23)c1. The summed E-state index contributed by atoms with van der Waals surface area (Å²) in [4.78, 5) is 23.8. The zero-order chi connectivity index (χ0) is 20.4. The fourth-order valence-electron chi connectivity index (χ4n) is 3.24. The number of fused-ring (bicyclic) bond motifs is 3. The third-order valence-corrected chi connectivity index (χ3v) is 5.62. The van der Waals surface area contributed by atoms with Crippen molar-refractivity contribution in [1.82, 2.24) is 14.6 Å². The van der Waals surface area contributed by atoms with E-state index in [9.17, 15) is 9.59 Å². The topological polar surface area (TPSA) is 76.4 Å². The lowest BCUT2D eigenvalue weighted by Gasteiger charge is -2.08. The van der Waals surface area contributed by atoms with Crippen molar-refractivity contribution >= 4 is 45.7 Å². The van der Waals surface area contributed by atoms with E-state index in [0.29, 0.717) is 23.4 Å². The number of hydrogen-bond acceptors (Lipinski definition) is 5. The van der Waals surface area contributed by atoms with Gasteiger partial charge in [-0.25, -0.2) is 0 Å². The zero-order valence-electron chi connectivity index (χ0n) is 16.2. The largest absolute Gasteiger partial charge is 0.326 e. The minimum atomic E-state index is -0.104. The molecule has 0 saturated carbocycles. The molecule has 0 aliphatic carbocycles. The van der Waals surface area contributed by atoms with Gasteiger partial charge in [-0.2, -0.15) is 0 Å². The number of anilines is 1. The smallest absolute Gasteiger partial charge is 0.225 e. The van der Waals surface area contributed by atoms with Gasteiger partial charge in [0.2, 0.25) is 5.91 Å². The number of benzene rings is 2. The van der Waals surface area contributed by atoms with Crippen molar-refractivity contribution in [1.29, 1.82) is 0 Å². The van der Waals surface area contributed by atoms with Crippen LogP contribution in [0, 0.1) is 6.92 Å². The first kappa shape index (κ1) is 19.1. The number of carbonyl (C=O) groups excluding carboxylic acids is 2. The van der Waals surface area contributed by atoms with Gasteiger partial charge in [-0.3, -0.25) is 14.0 Å². The van der Waals surface area contributed by atoms with Crippen molar-refractivity contribution in [3.8, 4) is 0 Å². The van der Waals surface area contributed by atoms with Crippen LogP contribution in [0.1, 0.15) is 29.3 Å². The van der Waals surface area contributed by atoms with Crippen molar-refractivity contribution in [2.75, 3.05) is 11.1 Å². The molecule has 146 valence electrons. The third-order valence-electron chi connectivity index (χ3n) is 4.69. The van der Waals surface area contributed by atoms with Crippen LogP contribution in [0.4, 0.5) is 5.69 Å². The van der Waals surface area contributed by atoms with E-state index in [2.05, 4.69) is 34.6 Å². The molecule has 0 spiro atoms. The number of pyridine rings is 1. The number of nitrogens with one attached hydrogen (secondary N) is 1. The summed E-state index contributed by atoms with van der Waals surface area (Å²) in [6.45, 7) is 3.57. The van der Waals surface area contributed by atoms with E-state index in [1.54, 1.807) is 24.3 Å². The van der Waals surface area contributed by atoms with Crippen LogP contribution in [-0.2, 0) is 4.79 Å². The van der Waals surface area contributed by atoms with Gasteiger partial charge in [-0.05, 0) is 43.7 Å². The van der Waals surface area contributed by atoms with E-state index in [1.807, 2.05) is 22.6 Å². The van der Waals surface area contributed by atoms with Gasteiger partial charge in [0.05, 0.1) is 5.52 Å². The number of rotatable bonds is 6. The predicted octanol–water partition coefficient (Wildman–Crippen LogP) is 4.51. The molecule has 4 aromatic rings. The Morgan fingerprint density at radius 3 is 2.72 bits per heavy atom. The van der Waals surface area contributed by atoms with Crippen molar-refractivity contribution < 1.29 is 9.59 Å². The molecule has 0 fully saturated rings. The number of aromatic nitrogens is 3. The van der Waals surface area contributed by atoms with E-state index >= 15 is 0 Å². The van der Waals surface area contributed by atoms with Crippen LogP contribution < -0.4 is 5.32 Å². The predicted molar refractivity (Wildman–Crippen MR) is 116 cm³/mol. The number of carbonyl (C=O) groups is 2. The van der Waals surface area contributed by atoms with Gasteiger partial charge < -0.3 is 5.32 Å². The molecule has 0 aliphatic heterocycles. The van der Waals surface area contributed by atoms with Crippen LogP contribution in [0.5, 0.6) is 0 Å².